The average molecular weight is 360 g/mol. The van der Waals surface area contributed by atoms with E-state index in [0.29, 0.717) is 13.0 Å². The van der Waals surface area contributed by atoms with E-state index in [4.69, 9.17) is 5.73 Å². The van der Waals surface area contributed by atoms with Gasteiger partial charge in [0.2, 0.25) is 5.91 Å². The minimum absolute atomic E-state index is 0.0348. The van der Waals surface area contributed by atoms with Gasteiger partial charge in [-0.3, -0.25) is 9.48 Å². The van der Waals surface area contributed by atoms with Crippen LogP contribution in [0.1, 0.15) is 66.7 Å². The number of nitrogens with zero attached hydrogens (tertiary/aromatic N) is 2. The number of nitrogens with two attached hydrogens (primary N) is 1. The van der Waals surface area contributed by atoms with Crippen LogP contribution in [0.25, 0.3) is 0 Å². The van der Waals surface area contributed by atoms with Crippen molar-refractivity contribution < 1.29 is 14.7 Å². The van der Waals surface area contributed by atoms with Crippen LogP contribution in [0.2, 0.25) is 0 Å². The lowest BCUT2D eigenvalue weighted by atomic mass is 9.84. The molecule has 7 nitrogen and oxygen atoms in total. The van der Waals surface area contributed by atoms with E-state index in [2.05, 4.69) is 17.0 Å². The van der Waals surface area contributed by atoms with Crippen LogP contribution in [0.3, 0.4) is 0 Å². The first kappa shape index (κ1) is 18.6. The van der Waals surface area contributed by atoms with Gasteiger partial charge in [0.1, 0.15) is 0 Å². The van der Waals surface area contributed by atoms with Gasteiger partial charge in [0, 0.05) is 17.3 Å². The van der Waals surface area contributed by atoms with Crippen LogP contribution in [0.5, 0.6) is 0 Å². The first-order valence-electron chi connectivity index (χ1n) is 9.47. The molecule has 1 aromatic rings. The van der Waals surface area contributed by atoms with Gasteiger partial charge in [-0.15, -0.1) is 6.58 Å². The quantitative estimate of drug-likeness (QED) is 0.529. The molecule has 0 aliphatic heterocycles. The van der Waals surface area contributed by atoms with Crippen LogP contribution < -0.4 is 11.1 Å². The van der Waals surface area contributed by atoms with E-state index in [1.807, 2.05) is 0 Å². The normalized spacial score (nSPS) is 22.2. The Bertz CT molecular complexity index is 702. The number of nitrogens with one attached hydrogen (secondary N) is 1. The van der Waals surface area contributed by atoms with Gasteiger partial charge in [-0.05, 0) is 32.1 Å². The first-order valence-corrected chi connectivity index (χ1v) is 9.47. The molecule has 0 saturated heterocycles. The van der Waals surface area contributed by atoms with Gasteiger partial charge >= 0.3 is 5.97 Å². The Labute approximate surface area is 153 Å². The van der Waals surface area contributed by atoms with Crippen LogP contribution in [0, 0.1) is 0 Å². The van der Waals surface area contributed by atoms with E-state index >= 15 is 0 Å². The molecule has 7 heteroatoms. The monoisotopic (exact) mass is 360 g/mol. The summed E-state index contributed by atoms with van der Waals surface area (Å²) >= 11 is 0. The Morgan fingerprint density at radius 1 is 1.35 bits per heavy atom. The fourth-order valence-corrected chi connectivity index (χ4v) is 4.44. The van der Waals surface area contributed by atoms with Crippen molar-refractivity contribution in [3.63, 3.8) is 0 Å². The Hall–Kier alpha value is -2.15. The molecule has 2 aliphatic carbocycles. The zero-order valence-electron chi connectivity index (χ0n) is 15.2. The Balaban J connectivity index is 1.84. The lowest BCUT2D eigenvalue weighted by Crippen LogP contribution is -2.59. The van der Waals surface area contributed by atoms with Crippen molar-refractivity contribution in [1.82, 2.24) is 15.1 Å². The van der Waals surface area contributed by atoms with Gasteiger partial charge in [0.05, 0.1) is 12.1 Å². The van der Waals surface area contributed by atoms with Crippen molar-refractivity contribution in [2.45, 2.75) is 75.9 Å². The molecule has 3 rings (SSSR count). The zero-order chi connectivity index (χ0) is 18.7. The number of rotatable bonds is 6. The van der Waals surface area contributed by atoms with Gasteiger partial charge in [0.25, 0.3) is 0 Å². The molecule has 0 bridgehead atoms. The third-order valence-electron chi connectivity index (χ3n) is 5.76. The van der Waals surface area contributed by atoms with Gasteiger partial charge in [0.15, 0.2) is 5.69 Å². The van der Waals surface area contributed by atoms with Gasteiger partial charge in [-0.1, -0.05) is 31.8 Å². The van der Waals surface area contributed by atoms with Crippen LogP contribution in [0.15, 0.2) is 12.7 Å². The molecule has 26 heavy (non-hydrogen) atoms. The average Bonchev–Trinajstić information content (AvgIpc) is 2.78. The summed E-state index contributed by atoms with van der Waals surface area (Å²) in [6, 6.07) is 0.0348. The van der Waals surface area contributed by atoms with Crippen LogP contribution in [-0.4, -0.2) is 38.3 Å². The van der Waals surface area contributed by atoms with Crippen molar-refractivity contribution in [2.75, 3.05) is 0 Å². The molecule has 1 amide bonds. The number of hydrogen-bond donors (Lipinski definition) is 3. The van der Waals surface area contributed by atoms with Crippen molar-refractivity contribution in [1.29, 1.82) is 0 Å². The second-order valence-corrected chi connectivity index (χ2v) is 7.49. The lowest BCUT2D eigenvalue weighted by molar-refractivity contribution is -0.125. The van der Waals surface area contributed by atoms with Crippen LogP contribution in [-0.2, 0) is 24.2 Å². The molecule has 1 fully saturated rings. The highest BCUT2D eigenvalue weighted by atomic mass is 16.4. The van der Waals surface area contributed by atoms with Gasteiger partial charge < -0.3 is 16.2 Å². The van der Waals surface area contributed by atoms with Gasteiger partial charge in [-0.2, -0.15) is 5.10 Å². The molecule has 1 atom stereocenters. The van der Waals surface area contributed by atoms with Crippen LogP contribution in [0.4, 0.5) is 0 Å². The second-order valence-electron chi connectivity index (χ2n) is 7.49. The molecule has 1 saturated carbocycles. The second kappa shape index (κ2) is 7.61. The molecule has 4 N–H and O–H groups in total. The smallest absolute Gasteiger partial charge is 0.356 e. The maximum Gasteiger partial charge on any atom is 0.356 e. The molecular formula is C19H28N4O3. The number of hydrogen-bond acceptors (Lipinski definition) is 4. The standard InChI is InChI=1S/C19H28N4O3/c1-2-11-23-15-8-7-13(12-14(15)16(22-23)17(24)25)21-19(18(20)26)9-5-3-4-6-10-19/h2,13,21H,1,3-12H2,(H2,20,26)(H,24,25). The number of aromatic carboxylic acids is 1. The highest BCUT2D eigenvalue weighted by Gasteiger charge is 2.40. The van der Waals surface area contributed by atoms with E-state index in [0.717, 1.165) is 62.6 Å². The summed E-state index contributed by atoms with van der Waals surface area (Å²) in [5, 5.41) is 17.3. The molecule has 142 valence electrons. The molecule has 0 spiro atoms. The topological polar surface area (TPSA) is 110 Å². The largest absolute Gasteiger partial charge is 0.476 e. The fourth-order valence-electron chi connectivity index (χ4n) is 4.44. The van der Waals surface area contributed by atoms with Crippen molar-refractivity contribution >= 4 is 11.9 Å². The Morgan fingerprint density at radius 2 is 2.04 bits per heavy atom. The maximum absolute atomic E-state index is 12.3. The van der Waals surface area contributed by atoms with E-state index < -0.39 is 11.5 Å². The Kier molecular flexibility index (Phi) is 5.46. The Morgan fingerprint density at radius 3 is 2.62 bits per heavy atom. The molecule has 0 radical (unpaired) electrons. The predicted octanol–water partition coefficient (Wildman–Crippen LogP) is 1.79. The van der Waals surface area contributed by atoms with Crippen molar-refractivity contribution in [3.05, 3.63) is 29.6 Å². The third kappa shape index (κ3) is 3.53. The maximum atomic E-state index is 12.3. The highest BCUT2D eigenvalue weighted by molar-refractivity contribution is 5.87. The van der Waals surface area contributed by atoms with Gasteiger partial charge in [-0.25, -0.2) is 4.79 Å². The number of allylic oxidation sites excluding steroid dienone is 1. The minimum atomic E-state index is -1.01. The molecule has 1 aromatic heterocycles. The first-order chi connectivity index (χ1) is 12.5. The zero-order valence-corrected chi connectivity index (χ0v) is 15.2. The van der Waals surface area contributed by atoms with E-state index in [9.17, 15) is 14.7 Å². The molecular weight excluding hydrogens is 332 g/mol. The van der Waals surface area contributed by atoms with E-state index in [-0.39, 0.29) is 17.6 Å². The predicted molar refractivity (Wildman–Crippen MR) is 98.0 cm³/mol. The van der Waals surface area contributed by atoms with E-state index in [1.165, 1.54) is 0 Å². The number of fused-ring (bicyclic) bond motifs is 1. The van der Waals surface area contributed by atoms with Crippen molar-refractivity contribution in [3.8, 4) is 0 Å². The van der Waals surface area contributed by atoms with E-state index in [1.54, 1.807) is 10.8 Å². The lowest BCUT2D eigenvalue weighted by Gasteiger charge is -2.36. The molecule has 1 heterocycles. The number of carbonyl (C=O) groups excluding carboxylic acids is 1. The number of carboxylic acids is 1. The highest BCUT2D eigenvalue weighted by Crippen LogP contribution is 2.31. The van der Waals surface area contributed by atoms with Crippen LogP contribution >= 0.6 is 0 Å². The third-order valence-corrected chi connectivity index (χ3v) is 5.76. The number of carboxylic acid groups (broad SMARTS) is 1. The summed E-state index contributed by atoms with van der Waals surface area (Å²) < 4.78 is 1.73. The fraction of sp³-hybridized carbons (Fsp3) is 0.632. The number of amides is 1. The summed E-state index contributed by atoms with van der Waals surface area (Å²) in [5.74, 6) is -1.30. The molecule has 1 unspecified atom stereocenters. The summed E-state index contributed by atoms with van der Waals surface area (Å²) in [6.45, 7) is 4.22. The summed E-state index contributed by atoms with van der Waals surface area (Å²) in [7, 11) is 0. The summed E-state index contributed by atoms with van der Waals surface area (Å²) in [5.41, 5.74) is 6.97. The summed E-state index contributed by atoms with van der Waals surface area (Å²) in [6.07, 6.45) is 9.60. The van der Waals surface area contributed by atoms with Crippen molar-refractivity contribution in [2.24, 2.45) is 5.73 Å². The number of aromatic nitrogens is 2. The minimum Gasteiger partial charge on any atom is -0.476 e. The molecule has 0 aromatic carbocycles. The molecule has 2 aliphatic rings. The number of primary amides is 1. The SMILES string of the molecule is C=CCn1nc(C(=O)O)c2c1CCC(NC1(C(N)=O)CCCCCC1)C2. The summed E-state index contributed by atoms with van der Waals surface area (Å²) in [4.78, 5) is 23.9. The number of carbonyl (C=O) groups is 2.